The van der Waals surface area contributed by atoms with Crippen molar-refractivity contribution in [2.75, 3.05) is 36.4 Å². The molecule has 0 bridgehead atoms. The third-order valence-electron chi connectivity index (χ3n) is 4.13. The second-order valence-electron chi connectivity index (χ2n) is 5.87. The number of alkyl halides is 3. The van der Waals surface area contributed by atoms with Gasteiger partial charge in [-0.3, -0.25) is 4.90 Å². The van der Waals surface area contributed by atoms with E-state index in [-0.39, 0.29) is 6.03 Å². The summed E-state index contributed by atoms with van der Waals surface area (Å²) in [4.78, 5) is 18.5. The van der Waals surface area contributed by atoms with E-state index in [4.69, 9.17) is 11.6 Å². The highest BCUT2D eigenvalue weighted by Gasteiger charge is 2.33. The zero-order valence-electron chi connectivity index (χ0n) is 13.7. The monoisotopic (exact) mass is 385 g/mol. The molecular formula is C17H17ClF3N4O+. The summed E-state index contributed by atoms with van der Waals surface area (Å²) >= 11 is 5.81. The van der Waals surface area contributed by atoms with Crippen LogP contribution in [0.3, 0.4) is 0 Å². The Balaban J connectivity index is 1.55. The molecule has 0 spiro atoms. The molecule has 9 heteroatoms. The van der Waals surface area contributed by atoms with Crippen molar-refractivity contribution in [1.82, 2.24) is 4.90 Å². The first-order chi connectivity index (χ1) is 12.3. The number of H-pyrrole nitrogens is 1. The number of nitrogens with one attached hydrogen (secondary N) is 2. The predicted molar refractivity (Wildman–Crippen MR) is 92.3 cm³/mol. The Morgan fingerprint density at radius 2 is 1.69 bits per heavy atom. The number of aromatic nitrogens is 1. The van der Waals surface area contributed by atoms with Gasteiger partial charge in [-0.05, 0) is 30.3 Å². The van der Waals surface area contributed by atoms with Crippen molar-refractivity contribution in [1.29, 1.82) is 0 Å². The molecule has 2 aromatic rings. The lowest BCUT2D eigenvalue weighted by Gasteiger charge is -2.31. The third-order valence-corrected chi connectivity index (χ3v) is 4.38. The summed E-state index contributed by atoms with van der Waals surface area (Å²) in [5, 5.41) is 3.38. The van der Waals surface area contributed by atoms with E-state index in [0.29, 0.717) is 42.7 Å². The quantitative estimate of drug-likeness (QED) is 0.859. The summed E-state index contributed by atoms with van der Waals surface area (Å²) in [6.45, 7) is 1.98. The minimum atomic E-state index is -4.37. The SMILES string of the molecule is O=C(Nc1ccc(Cl)cc1)N1CCN(c2ccc(C(F)(F)F)c[nH+]2)CC1. The lowest BCUT2D eigenvalue weighted by atomic mass is 10.2. The van der Waals surface area contributed by atoms with Crippen molar-refractivity contribution < 1.29 is 22.9 Å². The van der Waals surface area contributed by atoms with Crippen molar-refractivity contribution in [3.63, 3.8) is 0 Å². The van der Waals surface area contributed by atoms with Gasteiger partial charge in [-0.15, -0.1) is 0 Å². The molecule has 5 nitrogen and oxygen atoms in total. The van der Waals surface area contributed by atoms with Gasteiger partial charge in [0.1, 0.15) is 19.3 Å². The summed E-state index contributed by atoms with van der Waals surface area (Å²) < 4.78 is 37.8. The van der Waals surface area contributed by atoms with Crippen LogP contribution in [0.1, 0.15) is 5.56 Å². The fraction of sp³-hybridized carbons (Fsp3) is 0.294. The number of hydrogen-bond acceptors (Lipinski definition) is 2. The fourth-order valence-electron chi connectivity index (χ4n) is 2.68. The molecule has 1 aromatic carbocycles. The smallest absolute Gasteiger partial charge is 0.317 e. The van der Waals surface area contributed by atoms with E-state index in [1.54, 1.807) is 29.2 Å². The Bertz CT molecular complexity index is 757. The van der Waals surface area contributed by atoms with Crippen LogP contribution in [0.5, 0.6) is 0 Å². The molecule has 1 saturated heterocycles. The maximum Gasteiger partial charge on any atom is 0.419 e. The van der Waals surface area contributed by atoms with Crippen LogP contribution in [0, 0.1) is 0 Å². The summed E-state index contributed by atoms with van der Waals surface area (Å²) in [5.41, 5.74) is -0.0693. The molecule has 26 heavy (non-hydrogen) atoms. The van der Waals surface area contributed by atoms with Crippen LogP contribution >= 0.6 is 11.6 Å². The highest BCUT2D eigenvalue weighted by molar-refractivity contribution is 6.30. The van der Waals surface area contributed by atoms with Gasteiger partial charge in [0.15, 0.2) is 0 Å². The van der Waals surface area contributed by atoms with Gasteiger partial charge in [-0.25, -0.2) is 9.78 Å². The van der Waals surface area contributed by atoms with Gasteiger partial charge in [0, 0.05) is 16.8 Å². The molecule has 0 saturated carbocycles. The van der Waals surface area contributed by atoms with E-state index in [9.17, 15) is 18.0 Å². The molecule has 1 fully saturated rings. The number of aromatic amines is 1. The van der Waals surface area contributed by atoms with Gasteiger partial charge < -0.3 is 10.2 Å². The zero-order valence-corrected chi connectivity index (χ0v) is 14.4. The van der Waals surface area contributed by atoms with Crippen LogP contribution in [0.15, 0.2) is 42.6 Å². The highest BCUT2D eigenvalue weighted by atomic mass is 35.5. The minimum absolute atomic E-state index is 0.219. The van der Waals surface area contributed by atoms with Crippen molar-refractivity contribution in [2.45, 2.75) is 6.18 Å². The standard InChI is InChI=1S/C17H16ClF3N4O/c18-13-2-4-14(5-3-13)23-16(26)25-9-7-24(8-10-25)15-6-1-12(11-22-15)17(19,20)21/h1-6,11H,7-10H2,(H,23,26)/p+1. The van der Waals surface area contributed by atoms with Crippen LogP contribution in [-0.4, -0.2) is 37.1 Å². The van der Waals surface area contributed by atoms with Crippen LogP contribution in [0.4, 0.5) is 29.5 Å². The first-order valence-corrected chi connectivity index (χ1v) is 8.36. The second kappa shape index (κ2) is 7.41. The first-order valence-electron chi connectivity index (χ1n) is 7.98. The normalized spacial score (nSPS) is 15.1. The Morgan fingerprint density at radius 1 is 1.04 bits per heavy atom. The number of pyridine rings is 1. The molecule has 1 aliphatic heterocycles. The maximum atomic E-state index is 12.6. The van der Waals surface area contributed by atoms with Gasteiger partial charge in [0.2, 0.25) is 0 Å². The molecule has 3 rings (SSSR count). The van der Waals surface area contributed by atoms with Crippen LogP contribution in [-0.2, 0) is 6.18 Å². The number of urea groups is 1. The molecular weight excluding hydrogens is 369 g/mol. The number of carbonyl (C=O) groups is 1. The fourth-order valence-corrected chi connectivity index (χ4v) is 2.80. The topological polar surface area (TPSA) is 49.7 Å². The predicted octanol–water partition coefficient (Wildman–Crippen LogP) is 3.53. The third kappa shape index (κ3) is 4.37. The minimum Gasteiger partial charge on any atom is -0.317 e. The molecule has 138 valence electrons. The number of benzene rings is 1. The maximum absolute atomic E-state index is 12.6. The molecule has 0 radical (unpaired) electrons. The van der Waals surface area contributed by atoms with Crippen molar-refractivity contribution in [2.24, 2.45) is 0 Å². The zero-order chi connectivity index (χ0) is 18.7. The molecule has 2 amide bonds. The average molecular weight is 386 g/mol. The van der Waals surface area contributed by atoms with E-state index < -0.39 is 11.7 Å². The molecule has 0 atom stereocenters. The number of amides is 2. The number of halogens is 4. The van der Waals surface area contributed by atoms with Crippen LogP contribution in [0.2, 0.25) is 5.02 Å². The van der Waals surface area contributed by atoms with E-state index in [2.05, 4.69) is 10.3 Å². The van der Waals surface area contributed by atoms with E-state index >= 15 is 0 Å². The molecule has 1 aromatic heterocycles. The van der Waals surface area contributed by atoms with Gasteiger partial charge in [-0.1, -0.05) is 11.6 Å². The summed E-state index contributed by atoms with van der Waals surface area (Å²) in [6, 6.07) is 9.05. The van der Waals surface area contributed by atoms with Crippen LogP contribution < -0.4 is 15.2 Å². The van der Waals surface area contributed by atoms with E-state index in [0.717, 1.165) is 12.3 Å². The summed E-state index contributed by atoms with van der Waals surface area (Å²) in [7, 11) is 0. The molecule has 0 aliphatic carbocycles. The van der Waals surface area contributed by atoms with Gasteiger partial charge in [0.05, 0.1) is 18.7 Å². The van der Waals surface area contributed by atoms with Crippen molar-refractivity contribution in [3.8, 4) is 0 Å². The summed E-state index contributed by atoms with van der Waals surface area (Å²) in [5.74, 6) is 0.593. The lowest BCUT2D eigenvalue weighted by molar-refractivity contribution is -0.367. The molecule has 1 aliphatic rings. The lowest BCUT2D eigenvalue weighted by Crippen LogP contribution is -2.51. The Labute approximate surface area is 153 Å². The van der Waals surface area contributed by atoms with Crippen molar-refractivity contribution in [3.05, 3.63) is 53.2 Å². The molecule has 0 unspecified atom stereocenters. The Morgan fingerprint density at radius 3 is 2.23 bits per heavy atom. The first kappa shape index (κ1) is 18.3. The van der Waals surface area contributed by atoms with Gasteiger partial charge in [0.25, 0.3) is 5.82 Å². The number of carbonyl (C=O) groups excluding carboxylic acids is 1. The largest absolute Gasteiger partial charge is 0.419 e. The number of anilines is 2. The van der Waals surface area contributed by atoms with Gasteiger partial charge in [-0.2, -0.15) is 13.2 Å². The van der Waals surface area contributed by atoms with E-state index in [1.165, 1.54) is 6.07 Å². The highest BCUT2D eigenvalue weighted by Crippen LogP contribution is 2.28. The number of hydrogen-bond donors (Lipinski definition) is 1. The average Bonchev–Trinajstić information content (AvgIpc) is 2.63. The molecule has 2 N–H and O–H groups in total. The molecule has 2 heterocycles. The van der Waals surface area contributed by atoms with Crippen molar-refractivity contribution >= 4 is 29.1 Å². The van der Waals surface area contributed by atoms with Crippen LogP contribution in [0.25, 0.3) is 0 Å². The second-order valence-corrected chi connectivity index (χ2v) is 6.31. The summed E-state index contributed by atoms with van der Waals surface area (Å²) in [6.07, 6.45) is -3.41. The number of piperazine rings is 1. The Kier molecular flexibility index (Phi) is 5.22. The number of rotatable bonds is 2. The number of nitrogens with zero attached hydrogens (tertiary/aromatic N) is 2. The van der Waals surface area contributed by atoms with Gasteiger partial charge >= 0.3 is 12.2 Å². The van der Waals surface area contributed by atoms with E-state index in [1.807, 2.05) is 4.90 Å². The Hall–Kier alpha value is -2.48.